The van der Waals surface area contributed by atoms with E-state index in [0.717, 1.165) is 34.1 Å². The van der Waals surface area contributed by atoms with Crippen molar-refractivity contribution in [1.29, 1.82) is 0 Å². The SMILES string of the molecule is Cc1ccc(S(=O)(=O)[O-])cc1.O=C(Cc1ccc(Cl)c(Cl)c1)N(O)[C@H](C[NH+]1CC[C@H](O)C1)c1ccccc1. The molecule has 0 saturated carbocycles. The van der Waals surface area contributed by atoms with Gasteiger partial charge in [0.05, 0.1) is 27.9 Å². The predicted molar refractivity (Wildman–Crippen MR) is 143 cm³/mol. The number of aliphatic hydroxyl groups is 1. The number of halogens is 2. The van der Waals surface area contributed by atoms with Crippen LogP contribution in [-0.4, -0.2) is 60.0 Å². The normalized spacial score (nSPS) is 17.8. The highest BCUT2D eigenvalue weighted by atomic mass is 35.5. The molecule has 1 amide bonds. The van der Waals surface area contributed by atoms with Crippen LogP contribution in [0, 0.1) is 6.92 Å². The quantitative estimate of drug-likeness (QED) is 0.224. The summed E-state index contributed by atoms with van der Waals surface area (Å²) in [5.74, 6) is -0.415. The summed E-state index contributed by atoms with van der Waals surface area (Å²) in [4.78, 5) is 13.7. The van der Waals surface area contributed by atoms with Crippen LogP contribution in [0.3, 0.4) is 0 Å². The Morgan fingerprint density at radius 1 is 1.08 bits per heavy atom. The molecule has 11 heteroatoms. The molecule has 1 heterocycles. The number of hydrogen-bond acceptors (Lipinski definition) is 6. The lowest BCUT2D eigenvalue weighted by Crippen LogP contribution is -3.11. The molecule has 8 nitrogen and oxygen atoms in total. The molecule has 1 fully saturated rings. The summed E-state index contributed by atoms with van der Waals surface area (Å²) < 4.78 is 31.2. The molecule has 0 aromatic heterocycles. The van der Waals surface area contributed by atoms with Crippen LogP contribution in [0.1, 0.15) is 29.2 Å². The van der Waals surface area contributed by atoms with E-state index < -0.39 is 22.1 Å². The monoisotopic (exact) mass is 580 g/mol. The Bertz CT molecular complexity index is 1320. The second kappa shape index (κ2) is 13.5. The fourth-order valence-electron chi connectivity index (χ4n) is 4.17. The molecular formula is C27H30Cl2N2O6S. The molecule has 0 bridgehead atoms. The Morgan fingerprint density at radius 2 is 1.74 bits per heavy atom. The van der Waals surface area contributed by atoms with Gasteiger partial charge in [0.1, 0.15) is 35.4 Å². The number of hydroxylamine groups is 2. The largest absolute Gasteiger partial charge is 0.744 e. The molecule has 0 radical (unpaired) electrons. The minimum atomic E-state index is -4.27. The van der Waals surface area contributed by atoms with Gasteiger partial charge in [0, 0.05) is 6.42 Å². The lowest BCUT2D eigenvalue weighted by atomic mass is 10.0. The summed E-state index contributed by atoms with van der Waals surface area (Å²) in [6.45, 7) is 3.80. The van der Waals surface area contributed by atoms with Crippen LogP contribution in [0.25, 0.3) is 0 Å². The van der Waals surface area contributed by atoms with Crippen LogP contribution in [0.5, 0.6) is 0 Å². The van der Waals surface area contributed by atoms with Crippen molar-refractivity contribution in [2.45, 2.75) is 36.8 Å². The van der Waals surface area contributed by atoms with Crippen molar-refractivity contribution in [3.8, 4) is 0 Å². The predicted octanol–water partition coefficient (Wildman–Crippen LogP) is 3.04. The molecule has 0 aliphatic carbocycles. The summed E-state index contributed by atoms with van der Waals surface area (Å²) in [5, 5.41) is 22.1. The third kappa shape index (κ3) is 8.78. The Hall–Kier alpha value is -2.50. The molecule has 3 N–H and O–H groups in total. The molecule has 1 aliphatic heterocycles. The zero-order chi connectivity index (χ0) is 27.9. The summed E-state index contributed by atoms with van der Waals surface area (Å²) in [7, 11) is -4.27. The Labute approximate surface area is 232 Å². The number of benzene rings is 3. The Balaban J connectivity index is 0.000000304. The van der Waals surface area contributed by atoms with Gasteiger partial charge in [0.25, 0.3) is 5.91 Å². The number of aryl methyl sites for hydroxylation is 1. The molecule has 0 spiro atoms. The zero-order valence-electron chi connectivity index (χ0n) is 20.8. The number of nitrogens with zero attached hydrogens (tertiary/aromatic N) is 1. The van der Waals surface area contributed by atoms with E-state index in [1.807, 2.05) is 37.3 Å². The maximum atomic E-state index is 12.7. The Morgan fingerprint density at radius 3 is 2.29 bits per heavy atom. The molecule has 1 aliphatic rings. The fraction of sp³-hybridized carbons (Fsp3) is 0.296. The average molecular weight is 582 g/mol. The van der Waals surface area contributed by atoms with Gasteiger partial charge in [-0.15, -0.1) is 0 Å². The lowest BCUT2D eigenvalue weighted by Gasteiger charge is -2.28. The van der Waals surface area contributed by atoms with Crippen molar-refractivity contribution >= 4 is 39.2 Å². The van der Waals surface area contributed by atoms with Crippen LogP contribution in [0.4, 0.5) is 0 Å². The number of hydrogen-bond donors (Lipinski definition) is 3. The van der Waals surface area contributed by atoms with E-state index in [2.05, 4.69) is 0 Å². The van der Waals surface area contributed by atoms with Gasteiger partial charge in [-0.3, -0.25) is 10.0 Å². The van der Waals surface area contributed by atoms with E-state index in [1.54, 1.807) is 30.3 Å². The third-order valence-electron chi connectivity index (χ3n) is 6.22. The number of carbonyl (C=O) groups excluding carboxylic acids is 1. The van der Waals surface area contributed by atoms with E-state index in [0.29, 0.717) is 28.7 Å². The minimum Gasteiger partial charge on any atom is -0.744 e. The molecule has 1 saturated heterocycles. The first-order chi connectivity index (χ1) is 17.9. The van der Waals surface area contributed by atoms with Gasteiger partial charge in [-0.2, -0.15) is 0 Å². The number of aliphatic hydroxyl groups excluding tert-OH is 1. The van der Waals surface area contributed by atoms with Gasteiger partial charge in [-0.05, 0) is 42.3 Å². The fourth-order valence-corrected chi connectivity index (χ4v) is 4.96. The van der Waals surface area contributed by atoms with Crippen LogP contribution < -0.4 is 4.90 Å². The van der Waals surface area contributed by atoms with Crippen molar-refractivity contribution in [2.24, 2.45) is 0 Å². The molecule has 38 heavy (non-hydrogen) atoms. The number of quaternary nitrogens is 1. The topological polar surface area (TPSA) is 122 Å². The number of likely N-dealkylation sites (tertiary alicyclic amines) is 1. The second-order valence-electron chi connectivity index (χ2n) is 9.21. The molecule has 3 aromatic carbocycles. The van der Waals surface area contributed by atoms with Gasteiger partial charge in [-0.1, -0.05) is 77.3 Å². The highest BCUT2D eigenvalue weighted by molar-refractivity contribution is 7.85. The smallest absolute Gasteiger partial charge is 0.251 e. The number of nitrogens with one attached hydrogen (secondary N) is 1. The number of carbonyl (C=O) groups is 1. The second-order valence-corrected chi connectivity index (χ2v) is 11.4. The maximum absolute atomic E-state index is 12.7. The summed E-state index contributed by atoms with van der Waals surface area (Å²) in [5.41, 5.74) is 2.47. The number of rotatable bonds is 7. The first kappa shape index (κ1) is 30.0. The molecule has 204 valence electrons. The Kier molecular flexibility index (Phi) is 10.7. The number of amides is 1. The first-order valence-corrected chi connectivity index (χ1v) is 14.1. The van der Waals surface area contributed by atoms with Crippen LogP contribution in [0.2, 0.25) is 10.0 Å². The summed E-state index contributed by atoms with van der Waals surface area (Å²) >= 11 is 11.9. The van der Waals surface area contributed by atoms with Gasteiger partial charge in [0.15, 0.2) is 0 Å². The van der Waals surface area contributed by atoms with Gasteiger partial charge in [-0.25, -0.2) is 13.5 Å². The van der Waals surface area contributed by atoms with Crippen molar-refractivity contribution in [3.05, 3.63) is 99.5 Å². The van der Waals surface area contributed by atoms with Crippen molar-refractivity contribution < 1.29 is 33.0 Å². The van der Waals surface area contributed by atoms with Crippen molar-refractivity contribution in [1.82, 2.24) is 5.06 Å². The molecule has 3 aromatic rings. The van der Waals surface area contributed by atoms with Crippen LogP contribution in [-0.2, 0) is 21.3 Å². The van der Waals surface area contributed by atoms with E-state index in [9.17, 15) is 28.1 Å². The highest BCUT2D eigenvalue weighted by Gasteiger charge is 2.32. The minimum absolute atomic E-state index is 0.0225. The average Bonchev–Trinajstić information content (AvgIpc) is 3.29. The highest BCUT2D eigenvalue weighted by Crippen LogP contribution is 2.24. The summed E-state index contributed by atoms with van der Waals surface area (Å²) in [6, 6.07) is 19.7. The van der Waals surface area contributed by atoms with E-state index in [4.69, 9.17) is 23.2 Å². The van der Waals surface area contributed by atoms with Crippen molar-refractivity contribution in [3.63, 3.8) is 0 Å². The van der Waals surface area contributed by atoms with Crippen molar-refractivity contribution in [2.75, 3.05) is 19.6 Å². The third-order valence-corrected chi connectivity index (χ3v) is 7.81. The summed E-state index contributed by atoms with van der Waals surface area (Å²) in [6.07, 6.45) is 0.434. The van der Waals surface area contributed by atoms with E-state index >= 15 is 0 Å². The molecule has 1 unspecified atom stereocenters. The molecular weight excluding hydrogens is 551 g/mol. The van der Waals surface area contributed by atoms with Gasteiger partial charge < -0.3 is 14.6 Å². The first-order valence-electron chi connectivity index (χ1n) is 12.0. The zero-order valence-corrected chi connectivity index (χ0v) is 23.1. The van der Waals surface area contributed by atoms with Gasteiger partial charge in [0.2, 0.25) is 0 Å². The van der Waals surface area contributed by atoms with E-state index in [-0.39, 0.29) is 17.4 Å². The van der Waals surface area contributed by atoms with Crippen LogP contribution in [0.15, 0.2) is 77.7 Å². The standard InChI is InChI=1S/C20H22Cl2N2O3.C7H8O3S/c21-17-7-6-14(10-18(17)22)11-20(26)24(27)19(15-4-2-1-3-5-15)13-23-9-8-16(25)12-23;1-6-2-4-7(5-3-6)11(8,9)10/h1-7,10,16,19,25,27H,8-9,11-13H2;2-5H,1H3,(H,8,9,10)/t16-,19+;/m0./s1. The molecule has 3 atom stereocenters. The maximum Gasteiger partial charge on any atom is 0.251 e. The lowest BCUT2D eigenvalue weighted by molar-refractivity contribution is -0.892. The van der Waals surface area contributed by atoms with E-state index in [1.165, 1.54) is 12.1 Å². The van der Waals surface area contributed by atoms with Gasteiger partial charge >= 0.3 is 0 Å². The van der Waals surface area contributed by atoms with Crippen LogP contribution >= 0.6 is 23.2 Å². The molecule has 4 rings (SSSR count).